The van der Waals surface area contributed by atoms with Crippen molar-refractivity contribution in [1.82, 2.24) is 10.6 Å². The van der Waals surface area contributed by atoms with Crippen molar-refractivity contribution < 1.29 is 9.59 Å². The summed E-state index contributed by atoms with van der Waals surface area (Å²) in [5, 5.41) is 5.42. The molecule has 1 aromatic rings. The van der Waals surface area contributed by atoms with Crippen LogP contribution in [0.1, 0.15) is 25.5 Å². The topological polar surface area (TPSA) is 84.2 Å². The molecule has 5 heteroatoms. The fourth-order valence-corrected chi connectivity index (χ4v) is 1.50. The zero-order valence-electron chi connectivity index (χ0n) is 11.3. The summed E-state index contributed by atoms with van der Waals surface area (Å²) in [6, 6.07) is 8.49. The molecule has 0 saturated carbocycles. The van der Waals surface area contributed by atoms with E-state index in [9.17, 15) is 9.59 Å². The van der Waals surface area contributed by atoms with Crippen LogP contribution < -0.4 is 16.4 Å². The van der Waals surface area contributed by atoms with Gasteiger partial charge >= 0.3 is 0 Å². The lowest BCUT2D eigenvalue weighted by molar-refractivity contribution is -0.125. The Morgan fingerprint density at radius 2 is 1.58 bits per heavy atom. The third kappa shape index (κ3) is 5.09. The van der Waals surface area contributed by atoms with Crippen LogP contribution in [0.15, 0.2) is 30.3 Å². The molecule has 0 unspecified atom stereocenters. The molecule has 1 aromatic carbocycles. The van der Waals surface area contributed by atoms with Gasteiger partial charge in [-0.15, -0.1) is 0 Å². The zero-order chi connectivity index (χ0) is 14.3. The number of rotatable bonds is 6. The van der Waals surface area contributed by atoms with E-state index >= 15 is 0 Å². The highest BCUT2D eigenvalue weighted by Crippen LogP contribution is 2.08. The molecule has 19 heavy (non-hydrogen) atoms. The third-order valence-electron chi connectivity index (χ3n) is 2.69. The van der Waals surface area contributed by atoms with E-state index in [1.54, 1.807) is 0 Å². The van der Waals surface area contributed by atoms with Crippen LogP contribution >= 0.6 is 0 Å². The van der Waals surface area contributed by atoms with Crippen LogP contribution in [0.5, 0.6) is 0 Å². The van der Waals surface area contributed by atoms with Gasteiger partial charge in [0.2, 0.25) is 11.8 Å². The second kappa shape index (κ2) is 7.53. The van der Waals surface area contributed by atoms with E-state index in [4.69, 9.17) is 5.73 Å². The number of nitrogens with two attached hydrogens (primary N) is 1. The Hall–Kier alpha value is -1.88. The Morgan fingerprint density at radius 1 is 1.05 bits per heavy atom. The van der Waals surface area contributed by atoms with Crippen molar-refractivity contribution in [2.45, 2.75) is 19.9 Å². The maximum Gasteiger partial charge on any atom is 0.241 e. The molecule has 1 atom stereocenters. The van der Waals surface area contributed by atoms with Gasteiger partial charge in [0.1, 0.15) is 6.04 Å². The first-order chi connectivity index (χ1) is 9.02. The van der Waals surface area contributed by atoms with Gasteiger partial charge in [-0.3, -0.25) is 9.59 Å². The maximum absolute atomic E-state index is 11.8. The van der Waals surface area contributed by atoms with Crippen LogP contribution in [0.3, 0.4) is 0 Å². The van der Waals surface area contributed by atoms with Crippen LogP contribution in [-0.4, -0.2) is 24.9 Å². The van der Waals surface area contributed by atoms with Gasteiger partial charge in [0.25, 0.3) is 0 Å². The monoisotopic (exact) mass is 263 g/mol. The molecular weight excluding hydrogens is 242 g/mol. The molecule has 0 aliphatic heterocycles. The zero-order valence-corrected chi connectivity index (χ0v) is 11.3. The summed E-state index contributed by atoms with van der Waals surface area (Å²) in [4.78, 5) is 23.1. The molecular formula is C14H21N3O2. The highest BCUT2D eigenvalue weighted by Gasteiger charge is 2.14. The number of hydrogen-bond donors (Lipinski definition) is 3. The molecule has 1 rings (SSSR count). The molecule has 0 heterocycles. The van der Waals surface area contributed by atoms with Gasteiger partial charge in [-0.25, -0.2) is 0 Å². The normalized spacial score (nSPS) is 12.0. The van der Waals surface area contributed by atoms with E-state index in [0.717, 1.165) is 5.56 Å². The van der Waals surface area contributed by atoms with Gasteiger partial charge in [-0.05, 0) is 5.56 Å². The second-order valence-corrected chi connectivity index (χ2v) is 4.63. The number of nitrogens with one attached hydrogen (secondary N) is 2. The molecule has 0 fully saturated rings. The molecule has 5 nitrogen and oxygen atoms in total. The first-order valence-corrected chi connectivity index (χ1v) is 6.38. The van der Waals surface area contributed by atoms with E-state index in [-0.39, 0.29) is 17.7 Å². The van der Waals surface area contributed by atoms with E-state index in [0.29, 0.717) is 13.1 Å². The van der Waals surface area contributed by atoms with Crippen LogP contribution in [0.4, 0.5) is 0 Å². The Balaban J connectivity index is 2.30. The minimum atomic E-state index is -0.679. The largest absolute Gasteiger partial charge is 0.354 e. The average Bonchev–Trinajstić information content (AvgIpc) is 2.43. The van der Waals surface area contributed by atoms with Gasteiger partial charge in [0.15, 0.2) is 0 Å². The first-order valence-electron chi connectivity index (χ1n) is 6.38. The molecule has 0 aromatic heterocycles. The van der Waals surface area contributed by atoms with Crippen molar-refractivity contribution >= 4 is 11.8 Å². The molecule has 2 amide bonds. The summed E-state index contributed by atoms with van der Waals surface area (Å²) in [5.74, 6) is -0.325. The molecule has 104 valence electrons. The van der Waals surface area contributed by atoms with E-state index in [1.807, 2.05) is 44.2 Å². The number of carbonyl (C=O) groups excluding carboxylic acids is 2. The number of benzene rings is 1. The van der Waals surface area contributed by atoms with Crippen LogP contribution in [0.25, 0.3) is 0 Å². The van der Waals surface area contributed by atoms with Crippen LogP contribution in [0.2, 0.25) is 0 Å². The highest BCUT2D eigenvalue weighted by molar-refractivity contribution is 5.83. The summed E-state index contributed by atoms with van der Waals surface area (Å²) in [5.41, 5.74) is 6.60. The minimum Gasteiger partial charge on any atom is -0.354 e. The van der Waals surface area contributed by atoms with Gasteiger partial charge < -0.3 is 16.4 Å². The number of carbonyl (C=O) groups is 2. The average molecular weight is 263 g/mol. The van der Waals surface area contributed by atoms with Crippen molar-refractivity contribution in [3.05, 3.63) is 35.9 Å². The van der Waals surface area contributed by atoms with Crippen LogP contribution in [-0.2, 0) is 9.59 Å². The van der Waals surface area contributed by atoms with Crippen molar-refractivity contribution in [3.8, 4) is 0 Å². The molecule has 4 N–H and O–H groups in total. The summed E-state index contributed by atoms with van der Waals surface area (Å²) in [6.45, 7) is 4.42. The van der Waals surface area contributed by atoms with Gasteiger partial charge in [-0.2, -0.15) is 0 Å². The van der Waals surface area contributed by atoms with Crippen molar-refractivity contribution in [1.29, 1.82) is 0 Å². The smallest absolute Gasteiger partial charge is 0.241 e. The SMILES string of the molecule is CC(C)C(=O)NCCNC(=O)[C@H](N)c1ccccc1. The highest BCUT2D eigenvalue weighted by atomic mass is 16.2. The van der Waals surface area contributed by atoms with Crippen molar-refractivity contribution in [2.75, 3.05) is 13.1 Å². The number of amides is 2. The molecule has 0 saturated heterocycles. The fraction of sp³-hybridized carbons (Fsp3) is 0.429. The lowest BCUT2D eigenvalue weighted by atomic mass is 10.1. The first kappa shape index (κ1) is 15.2. The summed E-state index contributed by atoms with van der Waals surface area (Å²) in [7, 11) is 0. The van der Waals surface area contributed by atoms with Crippen LogP contribution in [0, 0.1) is 5.92 Å². The lowest BCUT2D eigenvalue weighted by Crippen LogP contribution is -2.40. The predicted molar refractivity (Wildman–Crippen MR) is 74.2 cm³/mol. The van der Waals surface area contributed by atoms with E-state index in [2.05, 4.69) is 10.6 Å². The Morgan fingerprint density at radius 3 is 2.11 bits per heavy atom. The Bertz CT molecular complexity index is 418. The standard InChI is InChI=1S/C14H21N3O2/c1-10(2)13(18)16-8-9-17-14(19)12(15)11-6-4-3-5-7-11/h3-7,10,12H,8-9,15H2,1-2H3,(H,16,18)(H,17,19)/t12-/m1/s1. The van der Waals surface area contributed by atoms with Gasteiger partial charge in [0, 0.05) is 19.0 Å². The lowest BCUT2D eigenvalue weighted by Gasteiger charge is -2.13. The van der Waals surface area contributed by atoms with Gasteiger partial charge in [0.05, 0.1) is 0 Å². The molecule has 0 spiro atoms. The Kier molecular flexibility index (Phi) is 6.02. The summed E-state index contributed by atoms with van der Waals surface area (Å²) in [6.07, 6.45) is 0. The third-order valence-corrected chi connectivity index (χ3v) is 2.69. The van der Waals surface area contributed by atoms with E-state index < -0.39 is 6.04 Å². The molecule has 0 radical (unpaired) electrons. The van der Waals surface area contributed by atoms with E-state index in [1.165, 1.54) is 0 Å². The maximum atomic E-state index is 11.8. The summed E-state index contributed by atoms with van der Waals surface area (Å²) >= 11 is 0. The Labute approximate surface area is 113 Å². The van der Waals surface area contributed by atoms with Crippen molar-refractivity contribution in [2.24, 2.45) is 11.7 Å². The van der Waals surface area contributed by atoms with Crippen molar-refractivity contribution in [3.63, 3.8) is 0 Å². The summed E-state index contributed by atoms with van der Waals surface area (Å²) < 4.78 is 0. The predicted octanol–water partition coefficient (Wildman–Crippen LogP) is 0.575. The number of hydrogen-bond acceptors (Lipinski definition) is 3. The second-order valence-electron chi connectivity index (χ2n) is 4.63. The molecule has 0 bridgehead atoms. The van der Waals surface area contributed by atoms with Gasteiger partial charge in [-0.1, -0.05) is 44.2 Å². The fourth-order valence-electron chi connectivity index (χ4n) is 1.50. The molecule has 0 aliphatic rings. The molecule has 0 aliphatic carbocycles. The minimum absolute atomic E-state index is 0.0263. The quantitative estimate of drug-likeness (QED) is 0.656.